The van der Waals surface area contributed by atoms with Crippen LogP contribution in [0, 0.1) is 6.92 Å². The molecule has 1 N–H and O–H groups in total. The van der Waals surface area contributed by atoms with Crippen molar-refractivity contribution >= 4 is 21.6 Å². The molecule has 27 heavy (non-hydrogen) atoms. The number of fused-ring (bicyclic) bond motifs is 1. The molecule has 0 saturated heterocycles. The van der Waals surface area contributed by atoms with E-state index in [1.807, 2.05) is 12.1 Å². The van der Waals surface area contributed by atoms with Gasteiger partial charge in [-0.15, -0.1) is 0 Å². The van der Waals surface area contributed by atoms with Gasteiger partial charge in [0.1, 0.15) is 5.75 Å². The average molecular weight is 388 g/mol. The van der Waals surface area contributed by atoms with E-state index in [0.717, 1.165) is 23.3 Å². The monoisotopic (exact) mass is 388 g/mol. The SMILES string of the molecule is CCN(CC)S(=O)(=O)c1ccc(C)c(C(=O)Nc2ccc3c(c2)CCO3)c1. The zero-order valence-electron chi connectivity index (χ0n) is 15.8. The lowest BCUT2D eigenvalue weighted by atomic mass is 10.1. The highest BCUT2D eigenvalue weighted by Crippen LogP contribution is 2.28. The van der Waals surface area contributed by atoms with E-state index >= 15 is 0 Å². The number of hydrogen-bond acceptors (Lipinski definition) is 4. The molecule has 0 atom stereocenters. The summed E-state index contributed by atoms with van der Waals surface area (Å²) in [5.74, 6) is 0.513. The number of hydrogen-bond donors (Lipinski definition) is 1. The first-order valence-electron chi connectivity index (χ1n) is 9.04. The number of amides is 1. The van der Waals surface area contributed by atoms with Gasteiger partial charge in [0.05, 0.1) is 11.5 Å². The Morgan fingerprint density at radius 3 is 2.59 bits per heavy atom. The van der Waals surface area contributed by atoms with Gasteiger partial charge in [0.2, 0.25) is 10.0 Å². The van der Waals surface area contributed by atoms with E-state index in [9.17, 15) is 13.2 Å². The predicted molar refractivity (Wildman–Crippen MR) is 105 cm³/mol. The Balaban J connectivity index is 1.89. The van der Waals surface area contributed by atoms with Crippen LogP contribution >= 0.6 is 0 Å². The fourth-order valence-corrected chi connectivity index (χ4v) is 4.67. The van der Waals surface area contributed by atoms with Gasteiger partial charge in [-0.3, -0.25) is 4.79 Å². The van der Waals surface area contributed by atoms with E-state index in [-0.39, 0.29) is 10.8 Å². The summed E-state index contributed by atoms with van der Waals surface area (Å²) >= 11 is 0. The fraction of sp³-hybridized carbons (Fsp3) is 0.350. The van der Waals surface area contributed by atoms with E-state index in [1.165, 1.54) is 10.4 Å². The second kappa shape index (κ2) is 7.70. The van der Waals surface area contributed by atoms with Crippen molar-refractivity contribution in [1.82, 2.24) is 4.31 Å². The molecule has 1 amide bonds. The van der Waals surface area contributed by atoms with Crippen LogP contribution in [0.1, 0.15) is 35.3 Å². The normalized spacial score (nSPS) is 13.3. The summed E-state index contributed by atoms with van der Waals surface area (Å²) in [5.41, 5.74) is 2.79. The standard InChI is InChI=1S/C20H24N2O4S/c1-4-22(5-2)27(24,25)17-8-6-14(3)18(13-17)20(23)21-16-7-9-19-15(12-16)10-11-26-19/h6-9,12-13H,4-5,10-11H2,1-3H3,(H,21,23). The minimum atomic E-state index is -3.62. The Kier molecular flexibility index (Phi) is 5.53. The van der Waals surface area contributed by atoms with Crippen LogP contribution in [-0.2, 0) is 16.4 Å². The third-order valence-electron chi connectivity index (χ3n) is 4.74. The number of carbonyl (C=O) groups excluding carboxylic acids is 1. The molecule has 3 rings (SSSR count). The lowest BCUT2D eigenvalue weighted by Gasteiger charge is -2.19. The molecule has 7 heteroatoms. The van der Waals surface area contributed by atoms with Crippen LogP contribution in [0.25, 0.3) is 0 Å². The summed E-state index contributed by atoms with van der Waals surface area (Å²) in [5, 5.41) is 2.86. The van der Waals surface area contributed by atoms with Crippen molar-refractivity contribution in [3.05, 3.63) is 53.1 Å². The van der Waals surface area contributed by atoms with Crippen molar-refractivity contribution in [2.75, 3.05) is 25.0 Å². The van der Waals surface area contributed by atoms with E-state index in [2.05, 4.69) is 5.32 Å². The van der Waals surface area contributed by atoms with E-state index in [1.54, 1.807) is 39.0 Å². The van der Waals surface area contributed by atoms with E-state index in [0.29, 0.717) is 30.9 Å². The third-order valence-corrected chi connectivity index (χ3v) is 6.79. The minimum absolute atomic E-state index is 0.129. The van der Waals surface area contributed by atoms with Gasteiger partial charge in [0, 0.05) is 30.8 Å². The van der Waals surface area contributed by atoms with Crippen LogP contribution in [0.3, 0.4) is 0 Å². The van der Waals surface area contributed by atoms with Gasteiger partial charge in [0.15, 0.2) is 0 Å². The van der Waals surface area contributed by atoms with Crippen molar-refractivity contribution in [3.63, 3.8) is 0 Å². The summed E-state index contributed by atoms with van der Waals surface area (Å²) in [6.07, 6.45) is 0.815. The molecule has 0 radical (unpaired) electrons. The Morgan fingerprint density at radius 2 is 1.89 bits per heavy atom. The van der Waals surface area contributed by atoms with Crippen molar-refractivity contribution in [3.8, 4) is 5.75 Å². The molecule has 0 aromatic heterocycles. The second-order valence-electron chi connectivity index (χ2n) is 6.44. The molecule has 1 aliphatic rings. The Hall–Kier alpha value is -2.38. The van der Waals surface area contributed by atoms with E-state index in [4.69, 9.17) is 4.74 Å². The molecular formula is C20H24N2O4S. The van der Waals surface area contributed by atoms with Gasteiger partial charge < -0.3 is 10.1 Å². The maximum absolute atomic E-state index is 12.8. The Labute approximate surface area is 160 Å². The third kappa shape index (κ3) is 3.84. The van der Waals surface area contributed by atoms with Gasteiger partial charge in [-0.25, -0.2) is 8.42 Å². The van der Waals surface area contributed by atoms with Crippen molar-refractivity contribution in [2.24, 2.45) is 0 Å². The van der Waals surface area contributed by atoms with Crippen LogP contribution in [0.15, 0.2) is 41.3 Å². The first-order chi connectivity index (χ1) is 12.9. The number of anilines is 1. The van der Waals surface area contributed by atoms with Gasteiger partial charge in [-0.1, -0.05) is 19.9 Å². The van der Waals surface area contributed by atoms with Crippen LogP contribution in [0.5, 0.6) is 5.75 Å². The molecule has 6 nitrogen and oxygen atoms in total. The molecule has 2 aromatic carbocycles. The highest BCUT2D eigenvalue weighted by atomic mass is 32.2. The number of nitrogens with zero attached hydrogens (tertiary/aromatic N) is 1. The highest BCUT2D eigenvalue weighted by molar-refractivity contribution is 7.89. The maximum Gasteiger partial charge on any atom is 0.255 e. The molecule has 2 aromatic rings. The zero-order chi connectivity index (χ0) is 19.6. The summed E-state index contributed by atoms with van der Waals surface area (Å²) in [4.78, 5) is 12.9. The van der Waals surface area contributed by atoms with Gasteiger partial charge >= 0.3 is 0 Å². The summed E-state index contributed by atoms with van der Waals surface area (Å²) < 4.78 is 32.3. The first kappa shape index (κ1) is 19.4. The van der Waals surface area contributed by atoms with E-state index < -0.39 is 10.0 Å². The zero-order valence-corrected chi connectivity index (χ0v) is 16.6. The van der Waals surface area contributed by atoms with Crippen LogP contribution in [0.2, 0.25) is 0 Å². The molecular weight excluding hydrogens is 364 g/mol. The van der Waals surface area contributed by atoms with Crippen LogP contribution in [0.4, 0.5) is 5.69 Å². The quantitative estimate of drug-likeness (QED) is 0.824. The fourth-order valence-electron chi connectivity index (χ4n) is 3.18. The molecule has 144 valence electrons. The van der Waals surface area contributed by atoms with Crippen LogP contribution in [-0.4, -0.2) is 38.3 Å². The summed E-state index contributed by atoms with van der Waals surface area (Å²) in [7, 11) is -3.62. The second-order valence-corrected chi connectivity index (χ2v) is 8.38. The Bertz CT molecular complexity index is 966. The summed E-state index contributed by atoms with van der Waals surface area (Å²) in [6, 6.07) is 10.2. The molecule has 0 spiro atoms. The molecule has 1 aliphatic heterocycles. The maximum atomic E-state index is 12.8. The smallest absolute Gasteiger partial charge is 0.255 e. The predicted octanol–water partition coefficient (Wildman–Crippen LogP) is 3.21. The molecule has 0 fully saturated rings. The largest absolute Gasteiger partial charge is 0.493 e. The molecule has 0 unspecified atom stereocenters. The molecule has 1 heterocycles. The number of aryl methyl sites for hydroxylation is 1. The van der Waals surface area contributed by atoms with Gasteiger partial charge in [-0.2, -0.15) is 4.31 Å². The van der Waals surface area contributed by atoms with Gasteiger partial charge in [0.25, 0.3) is 5.91 Å². The average Bonchev–Trinajstić information content (AvgIpc) is 3.10. The topological polar surface area (TPSA) is 75.7 Å². The first-order valence-corrected chi connectivity index (χ1v) is 10.5. The number of carbonyl (C=O) groups is 1. The van der Waals surface area contributed by atoms with Crippen LogP contribution < -0.4 is 10.1 Å². The number of nitrogens with one attached hydrogen (secondary N) is 1. The molecule has 0 bridgehead atoms. The number of benzene rings is 2. The lowest BCUT2D eigenvalue weighted by molar-refractivity contribution is 0.102. The minimum Gasteiger partial charge on any atom is -0.493 e. The lowest BCUT2D eigenvalue weighted by Crippen LogP contribution is -2.30. The van der Waals surface area contributed by atoms with Crippen molar-refractivity contribution in [1.29, 1.82) is 0 Å². The number of ether oxygens (including phenoxy) is 1. The Morgan fingerprint density at radius 1 is 1.15 bits per heavy atom. The van der Waals surface area contributed by atoms with Gasteiger partial charge in [-0.05, 0) is 48.4 Å². The molecule has 0 saturated carbocycles. The van der Waals surface area contributed by atoms with Crippen molar-refractivity contribution < 1.29 is 17.9 Å². The number of rotatable bonds is 6. The van der Waals surface area contributed by atoms with Crippen molar-refractivity contribution in [2.45, 2.75) is 32.1 Å². The molecule has 0 aliphatic carbocycles. The summed E-state index contributed by atoms with van der Waals surface area (Å²) in [6.45, 7) is 6.79. The number of sulfonamides is 1. The highest BCUT2D eigenvalue weighted by Gasteiger charge is 2.23.